The second kappa shape index (κ2) is 12.7. The molecule has 0 fully saturated rings. The van der Waals surface area contributed by atoms with Crippen LogP contribution in [0.4, 0.5) is 13.2 Å². The number of rotatable bonds is 11. The number of aliphatic hydroxyl groups is 1. The van der Waals surface area contributed by atoms with E-state index in [1.165, 1.54) is 25.3 Å². The molecular formula is C22H25F3O4. The van der Waals surface area contributed by atoms with Crippen LogP contribution in [-0.4, -0.2) is 30.1 Å². The minimum atomic E-state index is -4.40. The maximum Gasteiger partial charge on any atom is 0.416 e. The van der Waals surface area contributed by atoms with Crippen molar-refractivity contribution in [1.82, 2.24) is 0 Å². The summed E-state index contributed by atoms with van der Waals surface area (Å²) >= 11 is 0. The summed E-state index contributed by atoms with van der Waals surface area (Å²) in [5.41, 5.74) is -0.263. The summed E-state index contributed by atoms with van der Waals surface area (Å²) in [6, 6.07) is 4.95. The number of aryl methyl sites for hydroxylation is 1. The van der Waals surface area contributed by atoms with Gasteiger partial charge in [-0.2, -0.15) is 13.2 Å². The highest BCUT2D eigenvalue weighted by molar-refractivity contribution is 5.90. The van der Waals surface area contributed by atoms with Crippen LogP contribution in [0.25, 0.3) is 0 Å². The van der Waals surface area contributed by atoms with E-state index in [0.717, 1.165) is 12.1 Å². The van der Waals surface area contributed by atoms with E-state index in [2.05, 4.69) is 4.74 Å². The van der Waals surface area contributed by atoms with Gasteiger partial charge >= 0.3 is 12.1 Å². The zero-order valence-corrected chi connectivity index (χ0v) is 16.2. The van der Waals surface area contributed by atoms with E-state index >= 15 is 0 Å². The molecule has 0 spiro atoms. The molecule has 0 saturated carbocycles. The number of ether oxygens (including phenoxy) is 1. The normalized spacial score (nSPS) is 13.4. The lowest BCUT2D eigenvalue weighted by Gasteiger charge is -2.08. The molecule has 0 radical (unpaired) electrons. The van der Waals surface area contributed by atoms with Crippen LogP contribution in [0.1, 0.15) is 36.8 Å². The molecule has 0 aliphatic heterocycles. The molecule has 1 unspecified atom stereocenters. The Labute approximate surface area is 168 Å². The number of alkyl halides is 3. The fraction of sp³-hybridized carbons (Fsp3) is 0.364. The Balaban J connectivity index is 2.33. The van der Waals surface area contributed by atoms with Gasteiger partial charge in [-0.1, -0.05) is 48.6 Å². The van der Waals surface area contributed by atoms with Crippen molar-refractivity contribution in [3.05, 3.63) is 71.8 Å². The number of methoxy groups -OCH3 is 1. The van der Waals surface area contributed by atoms with E-state index in [9.17, 15) is 27.9 Å². The summed E-state index contributed by atoms with van der Waals surface area (Å²) < 4.78 is 42.5. The number of hydrogen-bond acceptors (Lipinski definition) is 4. The Kier molecular flexibility index (Phi) is 10.7. The molecule has 0 aromatic heterocycles. The quantitative estimate of drug-likeness (QED) is 0.330. The molecule has 7 heteroatoms. The molecule has 0 amide bonds. The van der Waals surface area contributed by atoms with Gasteiger partial charge in [0.25, 0.3) is 0 Å². The number of benzene rings is 1. The largest absolute Gasteiger partial charge is 0.469 e. The highest BCUT2D eigenvalue weighted by Crippen LogP contribution is 2.29. The summed E-state index contributed by atoms with van der Waals surface area (Å²) in [5.74, 6) is -0.511. The lowest BCUT2D eigenvalue weighted by molar-refractivity contribution is -0.141. The van der Waals surface area contributed by atoms with E-state index in [1.54, 1.807) is 30.4 Å². The van der Waals surface area contributed by atoms with Gasteiger partial charge in [-0.3, -0.25) is 9.59 Å². The molecule has 0 aliphatic carbocycles. The van der Waals surface area contributed by atoms with Crippen LogP contribution in [0.15, 0.2) is 60.7 Å². The van der Waals surface area contributed by atoms with Gasteiger partial charge in [0.1, 0.15) is 0 Å². The molecule has 1 N–H and O–H groups in total. The monoisotopic (exact) mass is 410 g/mol. The Hall–Kier alpha value is -2.67. The fourth-order valence-corrected chi connectivity index (χ4v) is 2.39. The Morgan fingerprint density at radius 3 is 2.55 bits per heavy atom. The third-order valence-electron chi connectivity index (χ3n) is 3.97. The van der Waals surface area contributed by atoms with E-state index in [4.69, 9.17) is 0 Å². The van der Waals surface area contributed by atoms with Gasteiger partial charge in [-0.05, 0) is 37.0 Å². The van der Waals surface area contributed by atoms with Crippen LogP contribution in [-0.2, 0) is 26.9 Å². The molecule has 1 atom stereocenters. The van der Waals surface area contributed by atoms with Crippen molar-refractivity contribution in [2.45, 2.75) is 44.4 Å². The summed E-state index contributed by atoms with van der Waals surface area (Å²) in [6.07, 6.45) is 5.79. The highest BCUT2D eigenvalue weighted by Gasteiger charge is 2.30. The number of allylic oxidation sites excluding steroid dienone is 5. The van der Waals surface area contributed by atoms with Crippen molar-refractivity contribution in [1.29, 1.82) is 0 Å². The van der Waals surface area contributed by atoms with Crippen LogP contribution in [0.2, 0.25) is 0 Å². The fourth-order valence-electron chi connectivity index (χ4n) is 2.39. The highest BCUT2D eigenvalue weighted by atomic mass is 19.4. The zero-order valence-electron chi connectivity index (χ0n) is 16.2. The molecular weight excluding hydrogens is 385 g/mol. The van der Waals surface area contributed by atoms with Gasteiger partial charge < -0.3 is 9.84 Å². The van der Waals surface area contributed by atoms with Crippen molar-refractivity contribution < 1.29 is 32.6 Å². The maximum absolute atomic E-state index is 12.7. The van der Waals surface area contributed by atoms with Crippen molar-refractivity contribution in [3.8, 4) is 0 Å². The first kappa shape index (κ1) is 24.4. The number of carbonyl (C=O) groups excluding carboxylic acids is 2. The third-order valence-corrected chi connectivity index (χ3v) is 3.97. The van der Waals surface area contributed by atoms with E-state index in [1.807, 2.05) is 0 Å². The summed E-state index contributed by atoms with van der Waals surface area (Å²) in [5, 5.41) is 9.71. The van der Waals surface area contributed by atoms with Crippen molar-refractivity contribution in [2.24, 2.45) is 0 Å². The molecule has 0 aliphatic rings. The lowest BCUT2D eigenvalue weighted by Crippen LogP contribution is -2.05. The molecule has 4 nitrogen and oxygen atoms in total. The van der Waals surface area contributed by atoms with Gasteiger partial charge in [-0.25, -0.2) is 0 Å². The molecule has 0 heterocycles. The van der Waals surface area contributed by atoms with Crippen LogP contribution in [0, 0.1) is 0 Å². The van der Waals surface area contributed by atoms with Gasteiger partial charge in [-0.15, -0.1) is 0 Å². The molecule has 29 heavy (non-hydrogen) atoms. The first-order chi connectivity index (χ1) is 13.7. The summed E-state index contributed by atoms with van der Waals surface area (Å²) in [4.78, 5) is 22.7. The number of aliphatic hydroxyl groups excluding tert-OH is 1. The second-order valence-corrected chi connectivity index (χ2v) is 6.33. The third kappa shape index (κ3) is 11.0. The van der Waals surface area contributed by atoms with Crippen LogP contribution in [0.3, 0.4) is 0 Å². The van der Waals surface area contributed by atoms with Gasteiger partial charge in [0.2, 0.25) is 0 Å². The average molecular weight is 410 g/mol. The van der Waals surface area contributed by atoms with Crippen LogP contribution < -0.4 is 0 Å². The lowest BCUT2D eigenvalue weighted by atomic mass is 10.0. The van der Waals surface area contributed by atoms with Crippen LogP contribution >= 0.6 is 0 Å². The Bertz CT molecular complexity index is 749. The molecule has 0 saturated heterocycles. The first-order valence-corrected chi connectivity index (χ1v) is 9.17. The minimum Gasteiger partial charge on any atom is -0.469 e. The topological polar surface area (TPSA) is 63.6 Å². The predicted octanol–water partition coefficient (Wildman–Crippen LogP) is 4.58. The number of ketones is 1. The number of halogens is 3. The zero-order chi connectivity index (χ0) is 21.7. The van der Waals surface area contributed by atoms with E-state index in [0.29, 0.717) is 18.4 Å². The smallest absolute Gasteiger partial charge is 0.416 e. The average Bonchev–Trinajstić information content (AvgIpc) is 2.68. The first-order valence-electron chi connectivity index (χ1n) is 9.17. The Morgan fingerprint density at radius 1 is 1.14 bits per heavy atom. The maximum atomic E-state index is 12.7. The van der Waals surface area contributed by atoms with E-state index in [-0.39, 0.29) is 31.0 Å². The second-order valence-electron chi connectivity index (χ2n) is 6.33. The SMILES string of the molecule is COC(=O)CCCC(O)/C=C/C=C/C=C/C(=O)CCc1cccc(C(F)(F)F)c1. The molecule has 1 rings (SSSR count). The molecule has 1 aromatic rings. The number of esters is 1. The van der Waals surface area contributed by atoms with E-state index < -0.39 is 17.8 Å². The molecule has 158 valence electrons. The van der Waals surface area contributed by atoms with Gasteiger partial charge in [0.15, 0.2) is 5.78 Å². The number of hydrogen-bond donors (Lipinski definition) is 1. The summed E-state index contributed by atoms with van der Waals surface area (Å²) in [7, 11) is 1.31. The van der Waals surface area contributed by atoms with Crippen molar-refractivity contribution in [2.75, 3.05) is 7.11 Å². The minimum absolute atomic E-state index is 0.112. The van der Waals surface area contributed by atoms with Crippen molar-refractivity contribution >= 4 is 11.8 Å². The Morgan fingerprint density at radius 2 is 1.86 bits per heavy atom. The summed E-state index contributed by atoms with van der Waals surface area (Å²) in [6.45, 7) is 0. The molecule has 0 bridgehead atoms. The molecule has 1 aromatic carbocycles. The number of carbonyl (C=O) groups is 2. The van der Waals surface area contributed by atoms with Gasteiger partial charge in [0.05, 0.1) is 18.8 Å². The van der Waals surface area contributed by atoms with Crippen LogP contribution in [0.5, 0.6) is 0 Å². The van der Waals surface area contributed by atoms with Gasteiger partial charge in [0, 0.05) is 12.8 Å². The standard InChI is InChI=1S/C22H25F3O4/c1-29-21(28)13-7-12-19(26)10-4-2-3-5-11-20(27)15-14-17-8-6-9-18(16-17)22(23,24)25/h2-6,8-11,16,19,26H,7,12-15H2,1H3/b3-2+,10-4+,11-5+. The predicted molar refractivity (Wildman–Crippen MR) is 104 cm³/mol. The van der Waals surface area contributed by atoms with Crippen molar-refractivity contribution in [3.63, 3.8) is 0 Å².